The largest absolute Gasteiger partial charge is 0.366 e. The van der Waals surface area contributed by atoms with Crippen LogP contribution in [0.5, 0.6) is 0 Å². The summed E-state index contributed by atoms with van der Waals surface area (Å²) in [5.41, 5.74) is 6.02. The van der Waals surface area contributed by atoms with Crippen molar-refractivity contribution in [1.29, 1.82) is 0 Å². The lowest BCUT2D eigenvalue weighted by Crippen LogP contribution is -2.16. The highest BCUT2D eigenvalue weighted by Gasteiger charge is 2.23. The van der Waals surface area contributed by atoms with E-state index in [-0.39, 0.29) is 15.4 Å². The normalized spacial score (nSPS) is 11.3. The number of benzene rings is 2. The van der Waals surface area contributed by atoms with E-state index in [0.717, 1.165) is 10.0 Å². The maximum absolute atomic E-state index is 12.6. The molecule has 2 aromatic carbocycles. The fourth-order valence-corrected chi connectivity index (χ4v) is 3.61. The van der Waals surface area contributed by atoms with E-state index in [1.807, 2.05) is 0 Å². The average Bonchev–Trinajstić information content (AvgIpc) is 2.41. The fraction of sp³-hybridized carbons (Fsp3) is 0.0714. The van der Waals surface area contributed by atoms with E-state index in [1.54, 1.807) is 31.2 Å². The van der Waals surface area contributed by atoms with E-state index in [4.69, 9.17) is 5.73 Å². The van der Waals surface area contributed by atoms with Gasteiger partial charge >= 0.3 is 0 Å². The smallest absolute Gasteiger partial charge is 0.250 e. The Morgan fingerprint density at radius 2 is 1.80 bits per heavy atom. The second kappa shape index (κ2) is 5.38. The van der Waals surface area contributed by atoms with Gasteiger partial charge in [-0.05, 0) is 42.8 Å². The van der Waals surface area contributed by atoms with Gasteiger partial charge in [-0.25, -0.2) is 8.42 Å². The van der Waals surface area contributed by atoms with Crippen molar-refractivity contribution >= 4 is 31.7 Å². The molecule has 0 saturated heterocycles. The average molecular weight is 354 g/mol. The molecule has 0 spiro atoms. The molecule has 0 aromatic heterocycles. The highest BCUT2D eigenvalue weighted by molar-refractivity contribution is 9.10. The van der Waals surface area contributed by atoms with E-state index in [2.05, 4.69) is 15.9 Å². The first kappa shape index (κ1) is 14.7. The van der Waals surface area contributed by atoms with Crippen LogP contribution in [0.3, 0.4) is 0 Å². The van der Waals surface area contributed by atoms with E-state index < -0.39 is 15.7 Å². The van der Waals surface area contributed by atoms with Gasteiger partial charge in [0.25, 0.3) is 0 Å². The third kappa shape index (κ3) is 2.62. The molecule has 0 fully saturated rings. The molecule has 2 aromatic rings. The molecule has 20 heavy (non-hydrogen) atoms. The summed E-state index contributed by atoms with van der Waals surface area (Å²) in [6, 6.07) is 10.6. The molecule has 0 radical (unpaired) electrons. The minimum absolute atomic E-state index is 0.00641. The second-order valence-corrected chi connectivity index (χ2v) is 7.05. The van der Waals surface area contributed by atoms with Crippen LogP contribution in [0.1, 0.15) is 15.9 Å². The van der Waals surface area contributed by atoms with E-state index in [9.17, 15) is 13.2 Å². The molecule has 0 saturated carbocycles. The summed E-state index contributed by atoms with van der Waals surface area (Å²) in [5.74, 6) is -0.766. The maximum atomic E-state index is 12.6. The molecule has 0 heterocycles. The van der Waals surface area contributed by atoms with Crippen LogP contribution < -0.4 is 5.73 Å². The number of carbonyl (C=O) groups excluding carboxylic acids is 1. The molecular weight excluding hydrogens is 342 g/mol. The quantitative estimate of drug-likeness (QED) is 0.921. The lowest BCUT2D eigenvalue weighted by Gasteiger charge is -2.09. The van der Waals surface area contributed by atoms with Crippen molar-refractivity contribution in [2.75, 3.05) is 0 Å². The van der Waals surface area contributed by atoms with Crippen LogP contribution in [0.2, 0.25) is 0 Å². The molecule has 1 amide bonds. The lowest BCUT2D eigenvalue weighted by molar-refractivity contribution is 0.0997. The Kier molecular flexibility index (Phi) is 3.96. The second-order valence-electron chi connectivity index (χ2n) is 4.27. The Balaban J connectivity index is 2.67. The zero-order chi connectivity index (χ0) is 14.9. The van der Waals surface area contributed by atoms with Crippen LogP contribution >= 0.6 is 15.9 Å². The standard InChI is InChI=1S/C14H12BrNO3S/c1-9-8-10(6-7-12(9)15)20(18,19)13-5-3-2-4-11(13)14(16)17/h2-8H,1H3,(H2,16,17). The Bertz CT molecular complexity index is 785. The number of amides is 1. The van der Waals surface area contributed by atoms with Crippen molar-refractivity contribution in [2.45, 2.75) is 16.7 Å². The Labute approximate surface area is 125 Å². The number of rotatable bonds is 3. The van der Waals surface area contributed by atoms with Crippen molar-refractivity contribution in [1.82, 2.24) is 0 Å². The third-order valence-corrected chi connectivity index (χ3v) is 5.58. The van der Waals surface area contributed by atoms with Crippen molar-refractivity contribution in [3.63, 3.8) is 0 Å². The van der Waals surface area contributed by atoms with Gasteiger partial charge in [-0.2, -0.15) is 0 Å². The summed E-state index contributed by atoms with van der Waals surface area (Å²) < 4.78 is 26.0. The number of nitrogens with two attached hydrogens (primary N) is 1. The lowest BCUT2D eigenvalue weighted by atomic mass is 10.2. The number of hydrogen-bond acceptors (Lipinski definition) is 3. The van der Waals surface area contributed by atoms with Gasteiger partial charge in [-0.15, -0.1) is 0 Å². The molecule has 0 unspecified atom stereocenters. The molecule has 2 N–H and O–H groups in total. The van der Waals surface area contributed by atoms with Gasteiger partial charge in [0.15, 0.2) is 0 Å². The minimum Gasteiger partial charge on any atom is -0.366 e. The zero-order valence-corrected chi connectivity index (χ0v) is 13.0. The summed E-state index contributed by atoms with van der Waals surface area (Å²) in [4.78, 5) is 11.4. The summed E-state index contributed by atoms with van der Waals surface area (Å²) in [7, 11) is -3.78. The summed E-state index contributed by atoms with van der Waals surface area (Å²) >= 11 is 3.32. The van der Waals surface area contributed by atoms with Crippen LogP contribution in [0.4, 0.5) is 0 Å². The molecule has 0 aliphatic heterocycles. The fourth-order valence-electron chi connectivity index (χ4n) is 1.82. The molecule has 0 bridgehead atoms. The van der Waals surface area contributed by atoms with Crippen LogP contribution in [-0.2, 0) is 9.84 Å². The first-order chi connectivity index (χ1) is 9.34. The molecule has 104 valence electrons. The number of primary amides is 1. The molecule has 0 aliphatic carbocycles. The highest BCUT2D eigenvalue weighted by Crippen LogP contribution is 2.27. The number of carbonyl (C=O) groups is 1. The van der Waals surface area contributed by atoms with Crippen LogP contribution in [0.15, 0.2) is 56.7 Å². The number of hydrogen-bond donors (Lipinski definition) is 1. The zero-order valence-electron chi connectivity index (χ0n) is 10.6. The van der Waals surface area contributed by atoms with E-state index >= 15 is 0 Å². The first-order valence-corrected chi connectivity index (χ1v) is 8.01. The molecule has 0 atom stereocenters. The predicted octanol–water partition coefficient (Wildman–Crippen LogP) is 2.69. The molecule has 2 rings (SSSR count). The van der Waals surface area contributed by atoms with E-state index in [0.29, 0.717) is 0 Å². The third-order valence-electron chi connectivity index (χ3n) is 2.88. The van der Waals surface area contributed by atoms with Crippen LogP contribution in [0.25, 0.3) is 0 Å². The predicted molar refractivity (Wildman–Crippen MR) is 79.3 cm³/mol. The van der Waals surface area contributed by atoms with E-state index in [1.165, 1.54) is 18.2 Å². The van der Waals surface area contributed by atoms with Gasteiger partial charge in [-0.3, -0.25) is 4.79 Å². The summed E-state index contributed by atoms with van der Waals surface area (Å²) in [6.45, 7) is 1.79. The van der Waals surface area contributed by atoms with Gasteiger partial charge in [0.2, 0.25) is 15.7 Å². The van der Waals surface area contributed by atoms with Gasteiger partial charge in [-0.1, -0.05) is 28.1 Å². The molecule has 6 heteroatoms. The Morgan fingerprint density at radius 1 is 1.15 bits per heavy atom. The van der Waals surface area contributed by atoms with Crippen LogP contribution in [-0.4, -0.2) is 14.3 Å². The van der Waals surface area contributed by atoms with Gasteiger partial charge < -0.3 is 5.73 Å². The SMILES string of the molecule is Cc1cc(S(=O)(=O)c2ccccc2C(N)=O)ccc1Br. The van der Waals surface area contributed by atoms with Gasteiger partial charge in [0.1, 0.15) is 0 Å². The topological polar surface area (TPSA) is 77.2 Å². The van der Waals surface area contributed by atoms with Crippen molar-refractivity contribution in [2.24, 2.45) is 5.73 Å². The van der Waals surface area contributed by atoms with Crippen molar-refractivity contribution in [3.8, 4) is 0 Å². The molecule has 0 aliphatic rings. The van der Waals surface area contributed by atoms with Gasteiger partial charge in [0.05, 0.1) is 15.4 Å². The van der Waals surface area contributed by atoms with Crippen LogP contribution in [0, 0.1) is 6.92 Å². The number of sulfone groups is 1. The summed E-state index contributed by atoms with van der Waals surface area (Å²) in [5, 5.41) is 0. The number of halogens is 1. The summed E-state index contributed by atoms with van der Waals surface area (Å²) in [6.07, 6.45) is 0. The minimum atomic E-state index is -3.78. The van der Waals surface area contributed by atoms with Gasteiger partial charge in [0, 0.05) is 4.47 Å². The Morgan fingerprint density at radius 3 is 2.40 bits per heavy atom. The van der Waals surface area contributed by atoms with Crippen molar-refractivity contribution < 1.29 is 13.2 Å². The van der Waals surface area contributed by atoms with Crippen molar-refractivity contribution in [3.05, 3.63) is 58.1 Å². The molecule has 4 nitrogen and oxygen atoms in total. The first-order valence-electron chi connectivity index (χ1n) is 5.74. The number of aryl methyl sites for hydroxylation is 1. The maximum Gasteiger partial charge on any atom is 0.250 e. The monoisotopic (exact) mass is 353 g/mol. The Hall–Kier alpha value is -1.66. The molecular formula is C14H12BrNO3S. The highest BCUT2D eigenvalue weighted by atomic mass is 79.9.